The topological polar surface area (TPSA) is 91.0 Å². The van der Waals surface area contributed by atoms with Crippen molar-refractivity contribution in [3.63, 3.8) is 0 Å². The third-order valence-corrected chi connectivity index (χ3v) is 6.36. The fraction of sp³-hybridized carbons (Fsp3) is 0.320. The molecule has 34 heavy (non-hydrogen) atoms. The molecule has 176 valence electrons. The summed E-state index contributed by atoms with van der Waals surface area (Å²) in [4.78, 5) is 18.9. The van der Waals surface area contributed by atoms with Crippen LogP contribution in [-0.2, 0) is 0 Å². The second-order valence-electron chi connectivity index (χ2n) is 8.47. The lowest BCUT2D eigenvalue weighted by Crippen LogP contribution is -2.44. The van der Waals surface area contributed by atoms with Gasteiger partial charge in [0.05, 0.1) is 23.8 Å². The first-order valence-electron chi connectivity index (χ1n) is 11.4. The van der Waals surface area contributed by atoms with Gasteiger partial charge in [-0.1, -0.05) is 0 Å². The van der Waals surface area contributed by atoms with E-state index in [-0.39, 0.29) is 11.9 Å². The van der Waals surface area contributed by atoms with Crippen LogP contribution in [0.4, 0.5) is 16.2 Å². The molecule has 8 nitrogen and oxygen atoms in total. The summed E-state index contributed by atoms with van der Waals surface area (Å²) in [5.41, 5.74) is 4.20. The summed E-state index contributed by atoms with van der Waals surface area (Å²) in [5.74, 6) is 1.37. The maximum absolute atomic E-state index is 15.0. The molecule has 0 saturated carbocycles. The molecule has 0 amide bonds. The number of ether oxygens (including phenoxy) is 1. The van der Waals surface area contributed by atoms with Gasteiger partial charge >= 0.3 is 0 Å². The van der Waals surface area contributed by atoms with Crippen LogP contribution < -0.4 is 15.4 Å². The Labute approximate surface area is 197 Å². The molecule has 3 N–H and O–H groups in total. The molecule has 0 radical (unpaired) electrons. The number of aryl methyl sites for hydroxylation is 1. The Morgan fingerprint density at radius 3 is 2.68 bits per heavy atom. The number of hydrogen-bond acceptors (Lipinski definition) is 7. The van der Waals surface area contributed by atoms with Crippen molar-refractivity contribution in [2.45, 2.75) is 19.9 Å². The van der Waals surface area contributed by atoms with E-state index < -0.39 is 0 Å². The first-order valence-corrected chi connectivity index (χ1v) is 11.4. The van der Waals surface area contributed by atoms with E-state index in [0.29, 0.717) is 45.4 Å². The molecular formula is C25H28FN7O. The Bertz CT molecular complexity index is 1320. The Morgan fingerprint density at radius 2 is 1.88 bits per heavy atom. The zero-order valence-corrected chi connectivity index (χ0v) is 19.5. The van der Waals surface area contributed by atoms with E-state index in [1.165, 1.54) is 11.6 Å². The van der Waals surface area contributed by atoms with Crippen LogP contribution in [0, 0.1) is 12.7 Å². The van der Waals surface area contributed by atoms with Crippen LogP contribution in [0.25, 0.3) is 22.2 Å². The number of benzene rings is 1. The SMILES string of the molecule is COc1c(-c2cc3[nH]c(Nc4cc(C(C)N5CCNCC5)ccn4)nc3cc2F)ccnc1C. The minimum atomic E-state index is -0.376. The van der Waals surface area contributed by atoms with Crippen molar-refractivity contribution in [3.8, 4) is 16.9 Å². The lowest BCUT2D eigenvalue weighted by molar-refractivity contribution is 0.185. The highest BCUT2D eigenvalue weighted by atomic mass is 19.1. The molecule has 1 unspecified atom stereocenters. The van der Waals surface area contributed by atoms with E-state index in [0.717, 1.165) is 26.2 Å². The van der Waals surface area contributed by atoms with Gasteiger partial charge in [-0.3, -0.25) is 9.88 Å². The van der Waals surface area contributed by atoms with Crippen LogP contribution in [0.15, 0.2) is 42.7 Å². The summed E-state index contributed by atoms with van der Waals surface area (Å²) < 4.78 is 20.5. The highest BCUT2D eigenvalue weighted by molar-refractivity contribution is 5.85. The molecular weight excluding hydrogens is 433 g/mol. The van der Waals surface area contributed by atoms with Crippen LogP contribution >= 0.6 is 0 Å². The first-order chi connectivity index (χ1) is 16.5. The fourth-order valence-corrected chi connectivity index (χ4v) is 4.50. The van der Waals surface area contributed by atoms with Crippen LogP contribution in [0.2, 0.25) is 0 Å². The molecule has 0 spiro atoms. The van der Waals surface area contributed by atoms with Crippen molar-refractivity contribution in [1.82, 2.24) is 30.2 Å². The number of rotatable bonds is 6. The van der Waals surface area contributed by atoms with Crippen molar-refractivity contribution in [1.29, 1.82) is 0 Å². The largest absolute Gasteiger partial charge is 0.494 e. The van der Waals surface area contributed by atoms with Gasteiger partial charge in [0.1, 0.15) is 17.4 Å². The minimum Gasteiger partial charge on any atom is -0.494 e. The maximum Gasteiger partial charge on any atom is 0.206 e. The smallest absolute Gasteiger partial charge is 0.206 e. The monoisotopic (exact) mass is 461 g/mol. The highest BCUT2D eigenvalue weighted by Crippen LogP contribution is 2.35. The first kappa shape index (κ1) is 22.2. The number of methoxy groups -OCH3 is 1. The molecule has 1 aliphatic rings. The highest BCUT2D eigenvalue weighted by Gasteiger charge is 2.19. The predicted octanol–water partition coefficient (Wildman–Crippen LogP) is 4.19. The predicted molar refractivity (Wildman–Crippen MR) is 131 cm³/mol. The summed E-state index contributed by atoms with van der Waals surface area (Å²) in [6.45, 7) is 8.09. The van der Waals surface area contributed by atoms with Gasteiger partial charge in [-0.2, -0.15) is 0 Å². The fourth-order valence-electron chi connectivity index (χ4n) is 4.50. The molecule has 4 aromatic rings. The van der Waals surface area contributed by atoms with Gasteiger partial charge in [0.25, 0.3) is 0 Å². The zero-order valence-electron chi connectivity index (χ0n) is 19.5. The van der Waals surface area contributed by atoms with E-state index in [1.807, 2.05) is 19.1 Å². The van der Waals surface area contributed by atoms with Crippen LogP contribution in [0.3, 0.4) is 0 Å². The summed E-state index contributed by atoms with van der Waals surface area (Å²) in [7, 11) is 1.56. The number of nitrogens with zero attached hydrogens (tertiary/aromatic N) is 4. The zero-order chi connectivity index (χ0) is 23.7. The number of anilines is 2. The van der Waals surface area contributed by atoms with E-state index >= 15 is 4.39 Å². The summed E-state index contributed by atoms with van der Waals surface area (Å²) >= 11 is 0. The van der Waals surface area contributed by atoms with Crippen LogP contribution in [-0.4, -0.2) is 58.1 Å². The molecule has 1 saturated heterocycles. The quantitative estimate of drug-likeness (QED) is 0.397. The number of H-pyrrole nitrogens is 1. The van der Waals surface area contributed by atoms with Crippen molar-refractivity contribution >= 4 is 22.8 Å². The number of piperazine rings is 1. The van der Waals surface area contributed by atoms with Crippen molar-refractivity contribution in [2.75, 3.05) is 38.6 Å². The number of halogens is 1. The number of imidazole rings is 1. The molecule has 5 rings (SSSR count). The lowest BCUT2D eigenvalue weighted by atomic mass is 10.0. The third-order valence-electron chi connectivity index (χ3n) is 6.36. The van der Waals surface area contributed by atoms with Gasteiger partial charge in [0.15, 0.2) is 0 Å². The van der Waals surface area contributed by atoms with E-state index in [4.69, 9.17) is 4.74 Å². The number of hydrogen-bond donors (Lipinski definition) is 3. The second kappa shape index (κ2) is 9.36. The number of aromatic nitrogens is 4. The minimum absolute atomic E-state index is 0.289. The van der Waals surface area contributed by atoms with Crippen LogP contribution in [0.5, 0.6) is 5.75 Å². The molecule has 1 aromatic carbocycles. The van der Waals surface area contributed by atoms with Gasteiger partial charge in [-0.15, -0.1) is 0 Å². The van der Waals surface area contributed by atoms with Gasteiger partial charge in [0.2, 0.25) is 5.95 Å². The molecule has 0 aliphatic carbocycles. The van der Waals surface area contributed by atoms with E-state index in [2.05, 4.69) is 42.4 Å². The van der Waals surface area contributed by atoms with Crippen molar-refractivity contribution in [3.05, 3.63) is 59.8 Å². The number of nitrogens with one attached hydrogen (secondary N) is 3. The molecule has 0 bridgehead atoms. The Morgan fingerprint density at radius 1 is 1.09 bits per heavy atom. The average Bonchev–Trinajstić information content (AvgIpc) is 3.24. The van der Waals surface area contributed by atoms with Gasteiger partial charge in [-0.25, -0.2) is 14.4 Å². The Kier molecular flexibility index (Phi) is 6.12. The maximum atomic E-state index is 15.0. The standard InChI is InChI=1S/C25H28FN7O/c1-15-24(34-3)18(5-7-28-15)19-13-21-22(14-20(19)26)31-25(30-21)32-23-12-17(4-6-29-23)16(2)33-10-8-27-9-11-33/h4-7,12-14,16,27H,8-11H2,1-3H3,(H2,29,30,31,32). The van der Waals surface area contributed by atoms with Crippen LogP contribution in [0.1, 0.15) is 24.2 Å². The molecule has 1 fully saturated rings. The summed E-state index contributed by atoms with van der Waals surface area (Å²) in [6.07, 6.45) is 3.45. The normalized spacial score (nSPS) is 15.4. The number of aromatic amines is 1. The Balaban J connectivity index is 1.42. The van der Waals surface area contributed by atoms with E-state index in [9.17, 15) is 0 Å². The van der Waals surface area contributed by atoms with Gasteiger partial charge in [0, 0.05) is 61.8 Å². The molecule has 9 heteroatoms. The molecule has 4 heterocycles. The van der Waals surface area contributed by atoms with Crippen molar-refractivity contribution in [2.24, 2.45) is 0 Å². The third kappa shape index (κ3) is 4.32. The summed E-state index contributed by atoms with van der Waals surface area (Å²) in [6, 6.07) is 9.30. The molecule has 1 atom stereocenters. The number of fused-ring (bicyclic) bond motifs is 1. The summed E-state index contributed by atoms with van der Waals surface area (Å²) in [5, 5.41) is 6.63. The molecule has 1 aliphatic heterocycles. The average molecular weight is 462 g/mol. The van der Waals surface area contributed by atoms with E-state index in [1.54, 1.807) is 31.6 Å². The molecule has 3 aromatic heterocycles. The van der Waals surface area contributed by atoms with Gasteiger partial charge < -0.3 is 20.4 Å². The Hall–Kier alpha value is -3.56. The second-order valence-corrected chi connectivity index (χ2v) is 8.47. The number of pyridine rings is 2. The lowest BCUT2D eigenvalue weighted by Gasteiger charge is -2.33. The van der Waals surface area contributed by atoms with Gasteiger partial charge in [-0.05, 0) is 43.7 Å². The van der Waals surface area contributed by atoms with Crippen molar-refractivity contribution < 1.29 is 9.13 Å².